The summed E-state index contributed by atoms with van der Waals surface area (Å²) in [6.45, 7) is 9.53. The number of rotatable bonds is 7. The molecular weight excluding hydrogens is 248 g/mol. The number of hydrogen-bond donors (Lipinski definition) is 2. The Morgan fingerprint density at radius 3 is 2.35 bits per heavy atom. The molecule has 0 aromatic heterocycles. The number of nitrogens with one attached hydrogen (secondary N) is 2. The first-order valence-electron chi connectivity index (χ1n) is 7.59. The summed E-state index contributed by atoms with van der Waals surface area (Å²) < 4.78 is 0. The summed E-state index contributed by atoms with van der Waals surface area (Å²) >= 11 is 0. The Kier molecular flexibility index (Phi) is 6.46. The molecule has 0 aliphatic heterocycles. The van der Waals surface area contributed by atoms with Gasteiger partial charge in [0.1, 0.15) is 0 Å². The molecule has 20 heavy (non-hydrogen) atoms. The first-order valence-corrected chi connectivity index (χ1v) is 7.59. The molecule has 4 heteroatoms. The third kappa shape index (κ3) is 5.90. The highest BCUT2D eigenvalue weighted by atomic mass is 14.9. The summed E-state index contributed by atoms with van der Waals surface area (Å²) in [7, 11) is 0. The standard InChI is InChI=1S/C16H28N4/c1-15(2)10-14(20-9-5-7-18)11-16(3,12-15)13-19-8-4-6-17/h14,19-20H,4-5,8-13H2,1-3H3. The summed E-state index contributed by atoms with van der Waals surface area (Å²) in [4.78, 5) is 0. The van der Waals surface area contributed by atoms with Gasteiger partial charge in [-0.25, -0.2) is 0 Å². The van der Waals surface area contributed by atoms with Crippen LogP contribution in [-0.2, 0) is 0 Å². The number of nitriles is 2. The van der Waals surface area contributed by atoms with Crippen molar-refractivity contribution in [1.82, 2.24) is 10.6 Å². The highest BCUT2D eigenvalue weighted by molar-refractivity contribution is 4.95. The second-order valence-electron chi connectivity index (χ2n) is 7.20. The van der Waals surface area contributed by atoms with Crippen LogP contribution < -0.4 is 10.6 Å². The molecule has 0 aromatic carbocycles. The van der Waals surface area contributed by atoms with Gasteiger partial charge in [0.25, 0.3) is 0 Å². The lowest BCUT2D eigenvalue weighted by molar-refractivity contribution is 0.0709. The van der Waals surface area contributed by atoms with Gasteiger partial charge in [-0.2, -0.15) is 10.5 Å². The zero-order valence-corrected chi connectivity index (χ0v) is 13.1. The molecule has 1 rings (SSSR count). The van der Waals surface area contributed by atoms with Crippen LogP contribution in [0.2, 0.25) is 0 Å². The van der Waals surface area contributed by atoms with Gasteiger partial charge in [0.15, 0.2) is 0 Å². The molecule has 1 aliphatic rings. The van der Waals surface area contributed by atoms with Gasteiger partial charge in [-0.15, -0.1) is 0 Å². The van der Waals surface area contributed by atoms with Crippen molar-refractivity contribution in [3.05, 3.63) is 0 Å². The lowest BCUT2D eigenvalue weighted by Crippen LogP contribution is -2.48. The average Bonchev–Trinajstić information content (AvgIpc) is 2.33. The van der Waals surface area contributed by atoms with Gasteiger partial charge in [-0.05, 0) is 30.1 Å². The summed E-state index contributed by atoms with van der Waals surface area (Å²) in [5.74, 6) is 0. The Hall–Kier alpha value is -1.10. The van der Waals surface area contributed by atoms with Crippen molar-refractivity contribution in [3.63, 3.8) is 0 Å². The molecule has 2 N–H and O–H groups in total. The average molecular weight is 276 g/mol. The fraction of sp³-hybridized carbons (Fsp3) is 0.875. The number of nitrogens with zero attached hydrogens (tertiary/aromatic N) is 2. The summed E-state index contributed by atoms with van der Waals surface area (Å²) in [6, 6.07) is 4.86. The molecule has 0 heterocycles. The van der Waals surface area contributed by atoms with Gasteiger partial charge in [0.05, 0.1) is 12.1 Å². The Labute approximate surface area is 123 Å². The van der Waals surface area contributed by atoms with Crippen molar-refractivity contribution in [2.24, 2.45) is 10.8 Å². The van der Waals surface area contributed by atoms with Crippen LogP contribution in [0, 0.1) is 33.5 Å². The van der Waals surface area contributed by atoms with Gasteiger partial charge < -0.3 is 10.6 Å². The van der Waals surface area contributed by atoms with Crippen LogP contribution in [0.3, 0.4) is 0 Å². The zero-order valence-electron chi connectivity index (χ0n) is 13.1. The molecule has 0 saturated heterocycles. The van der Waals surface area contributed by atoms with E-state index in [2.05, 4.69) is 43.5 Å². The van der Waals surface area contributed by atoms with Crippen LogP contribution in [0.1, 0.15) is 52.9 Å². The maximum Gasteiger partial charge on any atom is 0.0635 e. The predicted octanol–water partition coefficient (Wildman–Crippen LogP) is 2.58. The van der Waals surface area contributed by atoms with E-state index in [0.717, 1.165) is 26.1 Å². The molecule has 2 unspecified atom stereocenters. The SMILES string of the molecule is CC1(C)CC(NCCC#N)CC(C)(CNCCC#N)C1. The molecule has 1 fully saturated rings. The van der Waals surface area contributed by atoms with Gasteiger partial charge >= 0.3 is 0 Å². The fourth-order valence-electron chi connectivity index (χ4n) is 3.78. The minimum Gasteiger partial charge on any atom is -0.315 e. The van der Waals surface area contributed by atoms with E-state index in [-0.39, 0.29) is 5.41 Å². The predicted molar refractivity (Wildman–Crippen MR) is 80.9 cm³/mol. The van der Waals surface area contributed by atoms with E-state index in [4.69, 9.17) is 10.5 Å². The summed E-state index contributed by atoms with van der Waals surface area (Å²) in [6.07, 6.45) is 4.67. The van der Waals surface area contributed by atoms with Crippen LogP contribution in [-0.4, -0.2) is 25.7 Å². The molecule has 0 spiro atoms. The van der Waals surface area contributed by atoms with E-state index in [1.54, 1.807) is 0 Å². The zero-order chi connectivity index (χ0) is 15.1. The van der Waals surface area contributed by atoms with E-state index in [1.165, 1.54) is 12.8 Å². The van der Waals surface area contributed by atoms with Crippen molar-refractivity contribution in [3.8, 4) is 12.1 Å². The highest BCUT2D eigenvalue weighted by Gasteiger charge is 2.40. The number of hydrogen-bond acceptors (Lipinski definition) is 4. The van der Waals surface area contributed by atoms with Crippen LogP contribution in [0.5, 0.6) is 0 Å². The van der Waals surface area contributed by atoms with E-state index < -0.39 is 0 Å². The molecule has 112 valence electrons. The molecule has 0 bridgehead atoms. The van der Waals surface area contributed by atoms with Crippen LogP contribution >= 0.6 is 0 Å². The Morgan fingerprint density at radius 1 is 1.05 bits per heavy atom. The highest BCUT2D eigenvalue weighted by Crippen LogP contribution is 2.45. The molecule has 0 radical (unpaired) electrons. The molecule has 1 saturated carbocycles. The van der Waals surface area contributed by atoms with Crippen molar-refractivity contribution in [1.29, 1.82) is 10.5 Å². The molecule has 1 aliphatic carbocycles. The molecule has 4 nitrogen and oxygen atoms in total. The van der Waals surface area contributed by atoms with Crippen molar-refractivity contribution >= 4 is 0 Å². The van der Waals surface area contributed by atoms with E-state index in [0.29, 0.717) is 24.3 Å². The van der Waals surface area contributed by atoms with Crippen LogP contribution in [0.4, 0.5) is 0 Å². The molecule has 0 amide bonds. The topological polar surface area (TPSA) is 71.6 Å². The minimum atomic E-state index is 0.265. The smallest absolute Gasteiger partial charge is 0.0635 e. The second-order valence-corrected chi connectivity index (χ2v) is 7.20. The van der Waals surface area contributed by atoms with Gasteiger partial charge in [-0.3, -0.25) is 0 Å². The van der Waals surface area contributed by atoms with Gasteiger partial charge in [-0.1, -0.05) is 20.8 Å². The molecule has 2 atom stereocenters. The van der Waals surface area contributed by atoms with Crippen LogP contribution in [0.15, 0.2) is 0 Å². The summed E-state index contributed by atoms with van der Waals surface area (Å²) in [5.41, 5.74) is 0.593. The Bertz CT molecular complexity index is 377. The maximum absolute atomic E-state index is 8.64. The third-order valence-electron chi connectivity index (χ3n) is 4.08. The van der Waals surface area contributed by atoms with E-state index in [1.807, 2.05) is 0 Å². The maximum atomic E-state index is 8.64. The lowest BCUT2D eigenvalue weighted by Gasteiger charge is -2.47. The first kappa shape index (κ1) is 17.0. The van der Waals surface area contributed by atoms with Crippen LogP contribution in [0.25, 0.3) is 0 Å². The Morgan fingerprint density at radius 2 is 1.70 bits per heavy atom. The van der Waals surface area contributed by atoms with Crippen molar-refractivity contribution < 1.29 is 0 Å². The van der Waals surface area contributed by atoms with E-state index in [9.17, 15) is 0 Å². The van der Waals surface area contributed by atoms with E-state index >= 15 is 0 Å². The fourth-order valence-corrected chi connectivity index (χ4v) is 3.78. The normalized spacial score (nSPS) is 28.6. The Balaban J connectivity index is 2.52. The quantitative estimate of drug-likeness (QED) is 0.701. The largest absolute Gasteiger partial charge is 0.315 e. The molecule has 0 aromatic rings. The molecular formula is C16H28N4. The van der Waals surface area contributed by atoms with Crippen molar-refractivity contribution in [2.75, 3.05) is 19.6 Å². The van der Waals surface area contributed by atoms with Gasteiger partial charge in [0, 0.05) is 38.5 Å². The van der Waals surface area contributed by atoms with Gasteiger partial charge in [0.2, 0.25) is 0 Å². The minimum absolute atomic E-state index is 0.265. The third-order valence-corrected chi connectivity index (χ3v) is 4.08. The lowest BCUT2D eigenvalue weighted by atomic mass is 9.62. The summed E-state index contributed by atoms with van der Waals surface area (Å²) in [5, 5.41) is 24.2. The first-order chi connectivity index (χ1) is 9.41. The second kappa shape index (κ2) is 7.62. The monoisotopic (exact) mass is 276 g/mol. The van der Waals surface area contributed by atoms with Crippen molar-refractivity contribution in [2.45, 2.75) is 58.9 Å².